The molecule has 29 heavy (non-hydrogen) atoms. The van der Waals surface area contributed by atoms with Crippen molar-refractivity contribution in [3.8, 4) is 11.4 Å². The van der Waals surface area contributed by atoms with Gasteiger partial charge in [0.05, 0.1) is 27.2 Å². The third-order valence-corrected chi connectivity index (χ3v) is 6.52. The zero-order valence-electron chi connectivity index (χ0n) is 15.8. The Balaban J connectivity index is 1.86. The van der Waals surface area contributed by atoms with Gasteiger partial charge in [0.1, 0.15) is 11.6 Å². The van der Waals surface area contributed by atoms with E-state index in [0.29, 0.717) is 34.6 Å². The number of thiophene rings is 1. The van der Waals surface area contributed by atoms with Crippen LogP contribution in [0.4, 0.5) is 0 Å². The summed E-state index contributed by atoms with van der Waals surface area (Å²) in [5.41, 5.74) is 0.784. The molecule has 1 amide bonds. The summed E-state index contributed by atoms with van der Waals surface area (Å²) >= 11 is 6.11. The van der Waals surface area contributed by atoms with E-state index < -0.39 is 0 Å². The zero-order chi connectivity index (χ0) is 20.8. The summed E-state index contributed by atoms with van der Waals surface area (Å²) in [4.78, 5) is 24.4. The zero-order valence-corrected chi connectivity index (χ0v) is 19.1. The van der Waals surface area contributed by atoms with Crippen molar-refractivity contribution in [2.45, 2.75) is 18.5 Å². The van der Waals surface area contributed by atoms with Crippen LogP contribution in [0.5, 0.6) is 5.75 Å². The third kappa shape index (κ3) is 5.46. The van der Waals surface area contributed by atoms with Gasteiger partial charge in [-0.3, -0.25) is 14.2 Å². The fourth-order valence-electron chi connectivity index (χ4n) is 2.63. The van der Waals surface area contributed by atoms with Crippen LogP contribution >= 0.6 is 39.0 Å². The number of nitrogens with zero attached hydrogens (tertiary/aromatic N) is 3. The molecule has 0 atom stereocenters. The van der Waals surface area contributed by atoms with Crippen molar-refractivity contribution in [2.75, 3.05) is 19.4 Å². The largest absolute Gasteiger partial charge is 0.495 e. The van der Waals surface area contributed by atoms with Gasteiger partial charge in [0.15, 0.2) is 10.9 Å². The Bertz CT molecular complexity index is 1020. The highest BCUT2D eigenvalue weighted by Gasteiger charge is 2.19. The van der Waals surface area contributed by atoms with E-state index >= 15 is 0 Å². The number of rotatable bonds is 9. The number of methoxy groups -OCH3 is 1. The molecule has 152 valence electrons. The molecule has 3 aromatic rings. The van der Waals surface area contributed by atoms with Crippen LogP contribution < -0.4 is 10.1 Å². The molecule has 7 nitrogen and oxygen atoms in total. The second-order valence-corrected chi connectivity index (χ2v) is 9.36. The van der Waals surface area contributed by atoms with E-state index in [2.05, 4.69) is 31.4 Å². The van der Waals surface area contributed by atoms with E-state index in [4.69, 9.17) is 4.74 Å². The summed E-state index contributed by atoms with van der Waals surface area (Å²) in [6.07, 6.45) is 0.497. The minimum absolute atomic E-state index is 0.0278. The van der Waals surface area contributed by atoms with Gasteiger partial charge in [0, 0.05) is 19.9 Å². The second-order valence-electron chi connectivity index (χ2n) is 5.95. The molecule has 0 saturated heterocycles. The quantitative estimate of drug-likeness (QED) is 0.360. The second kappa shape index (κ2) is 10.0. The molecule has 1 aromatic carbocycles. The highest BCUT2D eigenvalue weighted by molar-refractivity contribution is 9.11. The van der Waals surface area contributed by atoms with Gasteiger partial charge < -0.3 is 10.1 Å². The van der Waals surface area contributed by atoms with Crippen molar-refractivity contribution in [2.24, 2.45) is 0 Å². The van der Waals surface area contributed by atoms with Crippen LogP contribution in [0.25, 0.3) is 5.69 Å². The van der Waals surface area contributed by atoms with Gasteiger partial charge in [-0.05, 0) is 40.2 Å². The van der Waals surface area contributed by atoms with E-state index in [1.54, 1.807) is 13.2 Å². The summed E-state index contributed by atoms with van der Waals surface area (Å²) < 4.78 is 8.29. The predicted molar refractivity (Wildman–Crippen MR) is 117 cm³/mol. The lowest BCUT2D eigenvalue weighted by atomic mass is 10.2. The molecule has 0 bridgehead atoms. The van der Waals surface area contributed by atoms with Crippen LogP contribution in [0.2, 0.25) is 0 Å². The molecule has 2 heterocycles. The number of hydrogen-bond donors (Lipinski definition) is 1. The first-order chi connectivity index (χ1) is 14.0. The molecule has 3 rings (SSSR count). The SMILES string of the molecule is COc1ccccc1-n1c(CCNC(C)=O)nnc1SCC(=O)c1ccc(Br)s1. The van der Waals surface area contributed by atoms with Gasteiger partial charge in [0.25, 0.3) is 0 Å². The summed E-state index contributed by atoms with van der Waals surface area (Å²) in [6.45, 7) is 1.91. The number of para-hydroxylation sites is 2. The standard InChI is InChI=1S/C19H19BrN4O3S2/c1-12(25)21-10-9-18-22-23-19(24(18)13-5-3-4-6-15(13)27-2)28-11-14(26)16-7-8-17(20)29-16/h3-8H,9-11H2,1-2H3,(H,21,25). The van der Waals surface area contributed by atoms with E-state index in [-0.39, 0.29) is 17.4 Å². The number of amides is 1. The summed E-state index contributed by atoms with van der Waals surface area (Å²) in [7, 11) is 1.60. The van der Waals surface area contributed by atoms with Crippen LogP contribution in [0.15, 0.2) is 45.3 Å². The Morgan fingerprint density at radius 3 is 2.72 bits per heavy atom. The van der Waals surface area contributed by atoms with Crippen LogP contribution in [-0.2, 0) is 11.2 Å². The number of halogens is 1. The van der Waals surface area contributed by atoms with Gasteiger partial charge in [-0.1, -0.05) is 23.9 Å². The fraction of sp³-hybridized carbons (Fsp3) is 0.263. The predicted octanol–water partition coefficient (Wildman–Crippen LogP) is 3.75. The first-order valence-corrected chi connectivity index (χ1v) is 11.3. The number of ketones is 1. The van der Waals surface area contributed by atoms with Crippen LogP contribution in [0, 0.1) is 0 Å². The lowest BCUT2D eigenvalue weighted by molar-refractivity contribution is -0.118. The molecule has 0 aliphatic carbocycles. The fourth-order valence-corrected chi connectivity index (χ4v) is 4.89. The lowest BCUT2D eigenvalue weighted by Crippen LogP contribution is -2.23. The van der Waals surface area contributed by atoms with E-state index in [9.17, 15) is 9.59 Å². The average molecular weight is 495 g/mol. The molecule has 1 N–H and O–H groups in total. The topological polar surface area (TPSA) is 86.1 Å². The molecular formula is C19H19BrN4O3S2. The normalized spacial score (nSPS) is 10.7. The molecule has 0 aliphatic heterocycles. The number of nitrogens with one attached hydrogen (secondary N) is 1. The molecule has 0 unspecified atom stereocenters. The minimum Gasteiger partial charge on any atom is -0.495 e. The molecule has 2 aromatic heterocycles. The number of Topliss-reactive ketones (excluding diaryl/α,β-unsaturated/α-hetero) is 1. The first-order valence-electron chi connectivity index (χ1n) is 8.73. The van der Waals surface area contributed by atoms with E-state index in [1.165, 1.54) is 30.0 Å². The Hall–Kier alpha value is -2.17. The number of aromatic nitrogens is 3. The molecule has 0 aliphatic rings. The van der Waals surface area contributed by atoms with Crippen LogP contribution in [0.1, 0.15) is 22.4 Å². The highest BCUT2D eigenvalue weighted by Crippen LogP contribution is 2.30. The number of ether oxygens (including phenoxy) is 1. The smallest absolute Gasteiger partial charge is 0.216 e. The minimum atomic E-state index is -0.101. The maximum absolute atomic E-state index is 12.5. The van der Waals surface area contributed by atoms with Crippen LogP contribution in [0.3, 0.4) is 0 Å². The molecule has 10 heteroatoms. The Morgan fingerprint density at radius 2 is 2.03 bits per heavy atom. The maximum atomic E-state index is 12.5. The Kier molecular flexibility index (Phi) is 7.45. The summed E-state index contributed by atoms with van der Waals surface area (Å²) in [5.74, 6) is 1.52. The monoisotopic (exact) mass is 494 g/mol. The summed E-state index contributed by atoms with van der Waals surface area (Å²) in [5, 5.41) is 11.9. The molecule has 0 radical (unpaired) electrons. The van der Waals surface area contributed by atoms with Crippen molar-refractivity contribution in [1.82, 2.24) is 20.1 Å². The van der Waals surface area contributed by atoms with E-state index in [1.807, 2.05) is 34.9 Å². The Labute approximate surface area is 185 Å². The number of benzene rings is 1. The van der Waals surface area contributed by atoms with Crippen molar-refractivity contribution in [3.05, 3.63) is 50.9 Å². The van der Waals surface area contributed by atoms with Gasteiger partial charge >= 0.3 is 0 Å². The molecule has 0 fully saturated rings. The van der Waals surface area contributed by atoms with Crippen molar-refractivity contribution in [1.29, 1.82) is 0 Å². The first kappa shape index (κ1) is 21.5. The van der Waals surface area contributed by atoms with Crippen molar-refractivity contribution in [3.63, 3.8) is 0 Å². The van der Waals surface area contributed by atoms with Gasteiger partial charge in [-0.2, -0.15) is 0 Å². The molecule has 0 saturated carbocycles. The molecular weight excluding hydrogens is 476 g/mol. The number of carbonyl (C=O) groups excluding carboxylic acids is 2. The maximum Gasteiger partial charge on any atom is 0.216 e. The van der Waals surface area contributed by atoms with Crippen LogP contribution in [-0.4, -0.2) is 45.9 Å². The third-order valence-electron chi connectivity index (χ3n) is 3.93. The lowest BCUT2D eigenvalue weighted by Gasteiger charge is -2.13. The van der Waals surface area contributed by atoms with Gasteiger partial charge in [-0.25, -0.2) is 0 Å². The van der Waals surface area contributed by atoms with Gasteiger partial charge in [0.2, 0.25) is 5.91 Å². The summed E-state index contributed by atoms with van der Waals surface area (Å²) in [6, 6.07) is 11.2. The van der Waals surface area contributed by atoms with Gasteiger partial charge in [-0.15, -0.1) is 21.5 Å². The van der Waals surface area contributed by atoms with Crippen molar-refractivity contribution < 1.29 is 14.3 Å². The molecule has 0 spiro atoms. The van der Waals surface area contributed by atoms with E-state index in [0.717, 1.165) is 9.47 Å². The highest BCUT2D eigenvalue weighted by atomic mass is 79.9. The average Bonchev–Trinajstić information content (AvgIpc) is 3.32. The number of carbonyl (C=O) groups is 2. The number of hydrogen-bond acceptors (Lipinski definition) is 7. The number of thioether (sulfide) groups is 1. The van der Waals surface area contributed by atoms with Crippen molar-refractivity contribution >= 4 is 50.7 Å². The Morgan fingerprint density at radius 1 is 1.24 bits per heavy atom.